The number of phosphoric ester groups is 1. The number of hydrogen-bond donors (Lipinski definition) is 0. The number of alkyl halides is 1. The second-order valence-corrected chi connectivity index (χ2v) is 9.43. The first kappa shape index (κ1) is 24.3. The number of phosphoric acid groups is 1. The molecule has 0 N–H and O–H groups in total. The number of halogens is 1. The smallest absolute Gasteiger partial charge is 0.780 e. The van der Waals surface area contributed by atoms with Gasteiger partial charge in [0.25, 0.3) is 0 Å². The van der Waals surface area contributed by atoms with Gasteiger partial charge in [0, 0.05) is 10.4 Å². The molecule has 2 unspecified atom stereocenters. The zero-order valence-corrected chi connectivity index (χ0v) is 21.6. The van der Waals surface area contributed by atoms with E-state index in [9.17, 15) is 14.4 Å². The molecule has 0 aliphatic heterocycles. The van der Waals surface area contributed by atoms with Crippen LogP contribution < -0.4 is 73.4 Å². The Morgan fingerprint density at radius 2 is 1.81 bits per heavy atom. The van der Waals surface area contributed by atoms with Gasteiger partial charge in [-0.3, -0.25) is 0 Å². The molecular weight excluding hydrogens is 409 g/mol. The van der Waals surface area contributed by atoms with Crippen LogP contribution in [0.2, 0.25) is 0 Å². The molecule has 0 aromatic heterocycles. The van der Waals surface area contributed by atoms with Gasteiger partial charge >= 0.3 is 59.1 Å². The summed E-state index contributed by atoms with van der Waals surface area (Å²) in [5.74, 6) is 2.30. The van der Waals surface area contributed by atoms with E-state index >= 15 is 0 Å². The fourth-order valence-corrected chi connectivity index (χ4v) is 6.25. The molecule has 4 aliphatic rings. The molecule has 0 radical (unpaired) electrons. The van der Waals surface area contributed by atoms with Crippen LogP contribution in [0.4, 0.5) is 0 Å². The largest absolute Gasteiger partial charge is 1.00 e. The number of allylic oxidation sites excluding steroid dienone is 1. The number of hydrogen-bond acceptors (Lipinski definition) is 5. The van der Waals surface area contributed by atoms with Crippen molar-refractivity contribution in [2.75, 3.05) is 7.11 Å². The summed E-state index contributed by atoms with van der Waals surface area (Å²) in [5.41, 5.74) is 2.03. The Labute approximate surface area is 209 Å². The minimum absolute atomic E-state index is 0. The summed E-state index contributed by atoms with van der Waals surface area (Å²) < 4.78 is 21.1. The first-order valence-corrected chi connectivity index (χ1v) is 10.4. The summed E-state index contributed by atoms with van der Waals surface area (Å²) in [4.78, 5) is 21.7. The Bertz CT molecular complexity index is 763. The van der Waals surface area contributed by atoms with Crippen molar-refractivity contribution in [1.29, 1.82) is 0 Å². The third kappa shape index (κ3) is 5.19. The summed E-state index contributed by atoms with van der Waals surface area (Å²) in [7, 11) is -3.45. The molecule has 0 amide bonds. The molecule has 9 heteroatoms. The van der Waals surface area contributed by atoms with E-state index in [1.54, 1.807) is 19.2 Å². The number of benzene rings is 1. The van der Waals surface area contributed by atoms with Crippen LogP contribution in [0.5, 0.6) is 5.75 Å². The molecule has 2 atom stereocenters. The minimum atomic E-state index is -5.08. The number of methoxy groups -OCH3 is 1. The normalized spacial score (nSPS) is 31.0. The summed E-state index contributed by atoms with van der Waals surface area (Å²) in [6.07, 6.45) is 5.33. The van der Waals surface area contributed by atoms with Gasteiger partial charge in [0.1, 0.15) is 19.3 Å². The first-order chi connectivity index (χ1) is 11.8. The predicted octanol–water partition coefficient (Wildman–Crippen LogP) is -2.92. The molecule has 136 valence electrons. The van der Waals surface area contributed by atoms with Crippen molar-refractivity contribution < 1.29 is 82.7 Å². The van der Waals surface area contributed by atoms with Crippen LogP contribution in [-0.4, -0.2) is 12.0 Å². The van der Waals surface area contributed by atoms with Gasteiger partial charge in [0.15, 0.2) is 0 Å². The molecule has 0 heterocycles. The van der Waals surface area contributed by atoms with E-state index in [0.717, 1.165) is 43.4 Å². The molecule has 5 nitrogen and oxygen atoms in total. The van der Waals surface area contributed by atoms with Gasteiger partial charge in [-0.05, 0) is 67.6 Å². The SMILES string of the molecule is COC(=C1C2CC3CC1CC(Cl)(C3)C2)c1cccc(OP(=O)([O-])[O-])c1.[Na+].[Na+]. The van der Waals surface area contributed by atoms with E-state index < -0.39 is 7.82 Å². The van der Waals surface area contributed by atoms with Gasteiger partial charge in [-0.1, -0.05) is 12.1 Å². The Morgan fingerprint density at radius 1 is 1.19 bits per heavy atom. The fraction of sp³-hybridized carbons (Fsp3) is 0.556. The van der Waals surface area contributed by atoms with Crippen molar-refractivity contribution in [3.63, 3.8) is 0 Å². The molecule has 4 saturated carbocycles. The quantitative estimate of drug-likeness (QED) is 0.222. The van der Waals surface area contributed by atoms with E-state index in [4.69, 9.17) is 16.3 Å². The van der Waals surface area contributed by atoms with Crippen LogP contribution in [0.25, 0.3) is 5.76 Å². The molecule has 1 aromatic carbocycles. The molecule has 27 heavy (non-hydrogen) atoms. The third-order valence-corrected chi connectivity index (χ3v) is 6.67. The van der Waals surface area contributed by atoms with Crippen molar-refractivity contribution in [2.45, 2.75) is 37.0 Å². The van der Waals surface area contributed by atoms with Crippen LogP contribution >= 0.6 is 19.4 Å². The summed E-state index contributed by atoms with van der Waals surface area (Å²) in [6.45, 7) is 0. The third-order valence-electron chi connectivity index (χ3n) is 5.77. The van der Waals surface area contributed by atoms with Crippen molar-refractivity contribution in [1.82, 2.24) is 0 Å². The minimum Gasteiger partial charge on any atom is -0.780 e. The number of rotatable bonds is 4. The maximum absolute atomic E-state index is 10.9. The second kappa shape index (κ2) is 9.01. The van der Waals surface area contributed by atoms with Gasteiger partial charge < -0.3 is 23.6 Å². The van der Waals surface area contributed by atoms with Crippen molar-refractivity contribution in [3.05, 3.63) is 35.4 Å². The van der Waals surface area contributed by atoms with Crippen LogP contribution in [-0.2, 0) is 9.30 Å². The molecule has 1 aromatic rings. The van der Waals surface area contributed by atoms with Gasteiger partial charge in [0.2, 0.25) is 0 Å². The zero-order valence-electron chi connectivity index (χ0n) is 15.9. The molecule has 5 rings (SSSR count). The van der Waals surface area contributed by atoms with E-state index in [2.05, 4.69) is 4.52 Å². The molecule has 0 spiro atoms. The maximum atomic E-state index is 10.9. The van der Waals surface area contributed by atoms with Crippen molar-refractivity contribution in [3.8, 4) is 5.75 Å². The average Bonchev–Trinajstić information content (AvgIpc) is 2.47. The Kier molecular flexibility index (Phi) is 8.10. The van der Waals surface area contributed by atoms with E-state index in [-0.39, 0.29) is 69.7 Å². The van der Waals surface area contributed by atoms with Gasteiger partial charge in [-0.2, -0.15) is 0 Å². The Morgan fingerprint density at radius 3 is 2.33 bits per heavy atom. The van der Waals surface area contributed by atoms with Gasteiger partial charge in [-0.15, -0.1) is 11.6 Å². The summed E-state index contributed by atoms with van der Waals surface area (Å²) >= 11 is 6.80. The maximum Gasteiger partial charge on any atom is 1.00 e. The molecule has 4 bridgehead atoms. The molecular formula is C18H20ClNa2O5P. The molecule has 4 aliphatic carbocycles. The van der Waals surface area contributed by atoms with Crippen molar-refractivity contribution in [2.24, 2.45) is 17.8 Å². The monoisotopic (exact) mass is 428 g/mol. The average molecular weight is 429 g/mol. The van der Waals surface area contributed by atoms with E-state index in [0.29, 0.717) is 17.8 Å². The molecule has 0 saturated heterocycles. The summed E-state index contributed by atoms with van der Waals surface area (Å²) in [5, 5.41) is 0. The van der Waals surface area contributed by atoms with Crippen LogP contribution in [0, 0.1) is 17.8 Å². The predicted molar refractivity (Wildman–Crippen MR) is 90.7 cm³/mol. The van der Waals surface area contributed by atoms with Crippen molar-refractivity contribution >= 4 is 25.2 Å². The topological polar surface area (TPSA) is 81.7 Å². The fourth-order valence-electron chi connectivity index (χ4n) is 5.29. The Balaban J connectivity index is 0.00000131. The van der Waals surface area contributed by atoms with E-state index in [1.165, 1.54) is 11.6 Å². The van der Waals surface area contributed by atoms with Crippen LogP contribution in [0.3, 0.4) is 0 Å². The zero-order chi connectivity index (χ0) is 17.8. The van der Waals surface area contributed by atoms with E-state index in [1.807, 2.05) is 6.07 Å². The number of ether oxygens (including phenoxy) is 1. The van der Waals surface area contributed by atoms with Crippen LogP contribution in [0.1, 0.15) is 37.7 Å². The van der Waals surface area contributed by atoms with Crippen LogP contribution in [0.15, 0.2) is 29.8 Å². The Hall–Kier alpha value is 1.00. The standard InChI is InChI=1S/C18H22ClO5P.2Na/c1-23-17(12-3-2-4-15(7-12)24-25(20,21)22)16-13-5-11-6-14(16)10-18(19,8-11)9-13;;/h2-4,7,11,13-14H,5-6,8-10H2,1H3,(H2,20,21,22);;/q;2*+1/p-2. The second-order valence-electron chi connectivity index (χ2n) is 7.55. The first-order valence-electron chi connectivity index (χ1n) is 8.55. The molecule has 4 fully saturated rings. The van der Waals surface area contributed by atoms with Gasteiger partial charge in [0.05, 0.1) is 7.11 Å². The summed E-state index contributed by atoms with van der Waals surface area (Å²) in [6, 6.07) is 6.52. The van der Waals surface area contributed by atoms with Gasteiger partial charge in [-0.25, -0.2) is 0 Å².